The molecule has 3 aromatic rings. The highest BCUT2D eigenvalue weighted by Gasteiger charge is 2.09. The summed E-state index contributed by atoms with van der Waals surface area (Å²) in [6.07, 6.45) is 0. The number of hydrogen-bond acceptors (Lipinski definition) is 5. The number of nitrogens with zero attached hydrogens (tertiary/aromatic N) is 2. The highest BCUT2D eigenvalue weighted by Crippen LogP contribution is 2.31. The zero-order valence-electron chi connectivity index (χ0n) is 10.3. The normalized spacial score (nSPS) is 10.8. The van der Waals surface area contributed by atoms with Crippen LogP contribution in [0, 0.1) is 10.1 Å². The van der Waals surface area contributed by atoms with Crippen LogP contribution < -0.4 is 0 Å². The topological polar surface area (TPSA) is 76.3 Å². The predicted octanol–water partition coefficient (Wildman–Crippen LogP) is 3.36. The fourth-order valence-corrected chi connectivity index (χ4v) is 2.95. The second-order valence-corrected chi connectivity index (χ2v) is 5.31. The molecule has 0 aliphatic heterocycles. The molecule has 0 fully saturated rings. The van der Waals surface area contributed by atoms with E-state index in [1.165, 1.54) is 23.5 Å². The average molecular weight is 286 g/mol. The van der Waals surface area contributed by atoms with Crippen molar-refractivity contribution in [3.63, 3.8) is 0 Å². The monoisotopic (exact) mass is 286 g/mol. The maximum Gasteiger partial charge on any atom is 0.269 e. The van der Waals surface area contributed by atoms with E-state index in [-0.39, 0.29) is 12.3 Å². The third-order valence-corrected chi connectivity index (χ3v) is 4.03. The Bertz CT molecular complexity index is 781. The van der Waals surface area contributed by atoms with Crippen LogP contribution in [0.1, 0.15) is 5.56 Å². The van der Waals surface area contributed by atoms with Crippen molar-refractivity contribution in [2.75, 3.05) is 0 Å². The Morgan fingerprint density at radius 2 is 1.95 bits per heavy atom. The van der Waals surface area contributed by atoms with Crippen molar-refractivity contribution in [1.82, 2.24) is 4.98 Å². The number of aromatic nitrogens is 1. The standard InChI is InChI=1S/C14H10N2O3S/c17-8-9-1-6-12-13(7-9)20-14(15-12)10-2-4-11(5-3-10)16(18)19/h1-7,17H,8H2. The van der Waals surface area contributed by atoms with E-state index in [9.17, 15) is 10.1 Å². The molecule has 6 heteroatoms. The van der Waals surface area contributed by atoms with Crippen molar-refractivity contribution >= 4 is 27.2 Å². The Balaban J connectivity index is 2.03. The lowest BCUT2D eigenvalue weighted by atomic mass is 10.2. The minimum Gasteiger partial charge on any atom is -0.392 e. The van der Waals surface area contributed by atoms with Gasteiger partial charge in [-0.3, -0.25) is 10.1 Å². The first kappa shape index (κ1) is 12.7. The molecule has 1 N–H and O–H groups in total. The molecular weight excluding hydrogens is 276 g/mol. The number of nitro groups is 1. The maximum atomic E-state index is 10.6. The minimum atomic E-state index is -0.421. The number of hydrogen-bond donors (Lipinski definition) is 1. The molecule has 0 saturated heterocycles. The number of fused-ring (bicyclic) bond motifs is 1. The molecule has 0 radical (unpaired) electrons. The zero-order chi connectivity index (χ0) is 14.1. The van der Waals surface area contributed by atoms with Gasteiger partial charge >= 0.3 is 0 Å². The summed E-state index contributed by atoms with van der Waals surface area (Å²) in [4.78, 5) is 14.7. The van der Waals surface area contributed by atoms with Crippen LogP contribution in [0.2, 0.25) is 0 Å². The number of nitro benzene ring substituents is 1. The summed E-state index contributed by atoms with van der Waals surface area (Å²) >= 11 is 1.50. The van der Waals surface area contributed by atoms with E-state index in [4.69, 9.17) is 5.11 Å². The van der Waals surface area contributed by atoms with E-state index < -0.39 is 4.92 Å². The molecule has 0 aliphatic rings. The molecule has 0 unspecified atom stereocenters. The second kappa shape index (κ2) is 4.99. The molecule has 0 amide bonds. The number of thiazole rings is 1. The van der Waals surface area contributed by atoms with Crippen molar-refractivity contribution in [3.8, 4) is 10.6 Å². The Hall–Kier alpha value is -2.31. The number of aliphatic hydroxyl groups excluding tert-OH is 1. The fourth-order valence-electron chi connectivity index (χ4n) is 1.92. The molecule has 0 atom stereocenters. The molecule has 0 bridgehead atoms. The van der Waals surface area contributed by atoms with Crippen molar-refractivity contribution in [3.05, 3.63) is 58.1 Å². The van der Waals surface area contributed by atoms with Gasteiger partial charge in [0.05, 0.1) is 21.7 Å². The van der Waals surface area contributed by atoms with E-state index in [0.29, 0.717) is 0 Å². The van der Waals surface area contributed by atoms with E-state index >= 15 is 0 Å². The molecule has 20 heavy (non-hydrogen) atoms. The molecule has 0 spiro atoms. The van der Waals surface area contributed by atoms with Crippen LogP contribution >= 0.6 is 11.3 Å². The summed E-state index contributed by atoms with van der Waals surface area (Å²) in [5, 5.41) is 20.6. The molecule has 3 rings (SSSR count). The van der Waals surface area contributed by atoms with Gasteiger partial charge in [-0.25, -0.2) is 4.98 Å². The first-order valence-electron chi connectivity index (χ1n) is 5.92. The molecular formula is C14H10N2O3S. The molecule has 1 aromatic heterocycles. The van der Waals surface area contributed by atoms with Gasteiger partial charge in [0.1, 0.15) is 5.01 Å². The van der Waals surface area contributed by atoms with Crippen LogP contribution in [0.15, 0.2) is 42.5 Å². The average Bonchev–Trinajstić information content (AvgIpc) is 2.90. The van der Waals surface area contributed by atoms with Crippen molar-refractivity contribution in [2.45, 2.75) is 6.61 Å². The number of non-ortho nitro benzene ring substituents is 1. The SMILES string of the molecule is O=[N+]([O-])c1ccc(-c2nc3ccc(CO)cc3s2)cc1. The summed E-state index contributed by atoms with van der Waals surface area (Å²) in [5.41, 5.74) is 2.62. The Morgan fingerprint density at radius 3 is 2.60 bits per heavy atom. The number of rotatable bonds is 3. The summed E-state index contributed by atoms with van der Waals surface area (Å²) in [7, 11) is 0. The third kappa shape index (κ3) is 2.26. The van der Waals surface area contributed by atoms with E-state index in [1.54, 1.807) is 12.1 Å². The smallest absolute Gasteiger partial charge is 0.269 e. The van der Waals surface area contributed by atoms with Crippen LogP contribution in [-0.4, -0.2) is 15.0 Å². The van der Waals surface area contributed by atoms with Gasteiger partial charge in [0.15, 0.2) is 0 Å². The van der Waals surface area contributed by atoms with E-state index in [2.05, 4.69) is 4.98 Å². The molecule has 0 aliphatic carbocycles. The molecule has 0 saturated carbocycles. The molecule has 1 heterocycles. The van der Waals surface area contributed by atoms with Crippen LogP contribution in [0.25, 0.3) is 20.8 Å². The quantitative estimate of drug-likeness (QED) is 0.591. The van der Waals surface area contributed by atoms with Crippen molar-refractivity contribution in [2.24, 2.45) is 0 Å². The van der Waals surface area contributed by atoms with Gasteiger partial charge in [0.25, 0.3) is 5.69 Å². The van der Waals surface area contributed by atoms with E-state index in [0.717, 1.165) is 26.4 Å². The minimum absolute atomic E-state index is 0.000699. The highest BCUT2D eigenvalue weighted by molar-refractivity contribution is 7.21. The van der Waals surface area contributed by atoms with E-state index in [1.807, 2.05) is 18.2 Å². The van der Waals surface area contributed by atoms with Crippen LogP contribution in [-0.2, 0) is 6.61 Å². The molecule has 2 aromatic carbocycles. The van der Waals surface area contributed by atoms with Gasteiger partial charge in [-0.15, -0.1) is 11.3 Å². The van der Waals surface area contributed by atoms with Gasteiger partial charge < -0.3 is 5.11 Å². The predicted molar refractivity (Wildman–Crippen MR) is 77.6 cm³/mol. The maximum absolute atomic E-state index is 10.6. The number of aliphatic hydroxyl groups is 1. The number of benzene rings is 2. The van der Waals surface area contributed by atoms with Crippen molar-refractivity contribution < 1.29 is 10.0 Å². The lowest BCUT2D eigenvalue weighted by Gasteiger charge is -1.95. The molecule has 5 nitrogen and oxygen atoms in total. The van der Waals surface area contributed by atoms with Crippen LogP contribution in [0.3, 0.4) is 0 Å². The lowest BCUT2D eigenvalue weighted by Crippen LogP contribution is -1.86. The van der Waals surface area contributed by atoms with Crippen LogP contribution in [0.5, 0.6) is 0 Å². The Kier molecular flexibility index (Phi) is 3.17. The first-order chi connectivity index (χ1) is 9.67. The Labute approximate surface area is 118 Å². The van der Waals surface area contributed by atoms with Crippen molar-refractivity contribution in [1.29, 1.82) is 0 Å². The molecule has 100 valence electrons. The lowest BCUT2D eigenvalue weighted by molar-refractivity contribution is -0.384. The largest absolute Gasteiger partial charge is 0.392 e. The van der Waals surface area contributed by atoms with Gasteiger partial charge in [0.2, 0.25) is 0 Å². The highest BCUT2D eigenvalue weighted by atomic mass is 32.1. The first-order valence-corrected chi connectivity index (χ1v) is 6.74. The second-order valence-electron chi connectivity index (χ2n) is 4.28. The summed E-state index contributed by atoms with van der Waals surface area (Å²) < 4.78 is 0.991. The Morgan fingerprint density at radius 1 is 1.20 bits per heavy atom. The fraction of sp³-hybridized carbons (Fsp3) is 0.0714. The summed E-state index contributed by atoms with van der Waals surface area (Å²) in [5.74, 6) is 0. The van der Waals surface area contributed by atoms with Gasteiger partial charge in [-0.1, -0.05) is 6.07 Å². The zero-order valence-corrected chi connectivity index (χ0v) is 11.1. The van der Waals surface area contributed by atoms with Gasteiger partial charge in [-0.2, -0.15) is 0 Å². The third-order valence-electron chi connectivity index (χ3n) is 2.96. The van der Waals surface area contributed by atoms with Crippen LogP contribution in [0.4, 0.5) is 5.69 Å². The summed E-state index contributed by atoms with van der Waals surface area (Å²) in [6, 6.07) is 11.9. The summed E-state index contributed by atoms with van der Waals surface area (Å²) in [6.45, 7) is 0.000699. The van der Waals surface area contributed by atoms with Gasteiger partial charge in [-0.05, 0) is 29.8 Å². The van der Waals surface area contributed by atoms with Gasteiger partial charge in [0, 0.05) is 17.7 Å².